The Morgan fingerprint density at radius 3 is 2.70 bits per heavy atom. The normalized spacial score (nSPS) is 11.7. The minimum atomic E-state index is -0.429. The summed E-state index contributed by atoms with van der Waals surface area (Å²) in [5.74, 6) is 0.202. The number of carbonyl (C=O) groups excluding carboxylic acids is 2. The Hall–Kier alpha value is -3.48. The highest BCUT2D eigenvalue weighted by Crippen LogP contribution is 2.28. The number of hydrogen-bond acceptors (Lipinski definition) is 4. The van der Waals surface area contributed by atoms with Gasteiger partial charge in [-0.2, -0.15) is 0 Å². The number of nitrogens with zero attached hydrogens (tertiary/aromatic N) is 1. The molecule has 2 N–H and O–H groups in total. The van der Waals surface area contributed by atoms with Crippen LogP contribution in [0.5, 0.6) is 5.75 Å². The van der Waals surface area contributed by atoms with E-state index in [0.717, 1.165) is 22.0 Å². The van der Waals surface area contributed by atoms with Crippen molar-refractivity contribution >= 4 is 22.9 Å². The zero-order chi connectivity index (χ0) is 21.7. The van der Waals surface area contributed by atoms with Gasteiger partial charge in [-0.05, 0) is 49.2 Å². The van der Waals surface area contributed by atoms with Gasteiger partial charge in [-0.3, -0.25) is 0 Å². The number of fused-ring (bicyclic) bond motifs is 1. The van der Waals surface area contributed by atoms with Crippen molar-refractivity contribution in [3.8, 4) is 5.75 Å². The number of amides is 2. The summed E-state index contributed by atoms with van der Waals surface area (Å²) < 4.78 is 10.9. The SMILES string of the molecule is COc1cccc(C(=O)OC(C)c2c[nH]c3ccc(CCNC(=O)N(C)C)cc23)c1. The molecule has 1 atom stereocenters. The first-order chi connectivity index (χ1) is 14.4. The van der Waals surface area contributed by atoms with E-state index in [1.165, 1.54) is 4.90 Å². The van der Waals surface area contributed by atoms with Gasteiger partial charge in [0.05, 0.1) is 12.7 Å². The third-order valence-electron chi connectivity index (χ3n) is 4.90. The summed E-state index contributed by atoms with van der Waals surface area (Å²) in [4.78, 5) is 28.9. The van der Waals surface area contributed by atoms with E-state index in [-0.39, 0.29) is 6.03 Å². The van der Waals surface area contributed by atoms with Gasteiger partial charge in [0.1, 0.15) is 11.9 Å². The summed E-state index contributed by atoms with van der Waals surface area (Å²) >= 11 is 0. The van der Waals surface area contributed by atoms with Gasteiger partial charge < -0.3 is 24.7 Å². The Morgan fingerprint density at radius 2 is 1.97 bits per heavy atom. The van der Waals surface area contributed by atoms with Crippen LogP contribution in [-0.4, -0.2) is 49.6 Å². The maximum absolute atomic E-state index is 12.5. The van der Waals surface area contributed by atoms with Gasteiger partial charge in [-0.25, -0.2) is 9.59 Å². The van der Waals surface area contributed by atoms with Gasteiger partial charge in [-0.15, -0.1) is 0 Å². The summed E-state index contributed by atoms with van der Waals surface area (Å²) in [6.07, 6.45) is 2.14. The van der Waals surface area contributed by atoms with Crippen LogP contribution in [0, 0.1) is 0 Å². The van der Waals surface area contributed by atoms with Crippen LogP contribution in [-0.2, 0) is 11.2 Å². The van der Waals surface area contributed by atoms with Crippen molar-refractivity contribution in [3.05, 3.63) is 65.4 Å². The van der Waals surface area contributed by atoms with E-state index in [4.69, 9.17) is 9.47 Å². The van der Waals surface area contributed by atoms with Gasteiger partial charge in [0, 0.05) is 43.3 Å². The van der Waals surface area contributed by atoms with Crippen LogP contribution in [0.1, 0.15) is 34.5 Å². The second kappa shape index (κ2) is 9.35. The van der Waals surface area contributed by atoms with Crippen LogP contribution in [0.3, 0.4) is 0 Å². The molecular weight excluding hydrogens is 382 g/mol. The monoisotopic (exact) mass is 409 g/mol. The van der Waals surface area contributed by atoms with Crippen molar-refractivity contribution < 1.29 is 19.1 Å². The molecule has 0 aliphatic carbocycles. The summed E-state index contributed by atoms with van der Waals surface area (Å²) in [5.41, 5.74) is 3.41. The van der Waals surface area contributed by atoms with E-state index >= 15 is 0 Å². The molecule has 0 radical (unpaired) electrons. The van der Waals surface area contributed by atoms with Gasteiger partial charge >= 0.3 is 12.0 Å². The lowest BCUT2D eigenvalue weighted by molar-refractivity contribution is 0.0340. The maximum Gasteiger partial charge on any atom is 0.338 e. The number of H-pyrrole nitrogens is 1. The molecule has 3 rings (SSSR count). The zero-order valence-corrected chi connectivity index (χ0v) is 17.7. The summed E-state index contributed by atoms with van der Waals surface area (Å²) in [5, 5.41) is 3.86. The van der Waals surface area contributed by atoms with Crippen LogP contribution < -0.4 is 10.1 Å². The number of urea groups is 1. The van der Waals surface area contributed by atoms with Crippen molar-refractivity contribution in [2.24, 2.45) is 0 Å². The lowest BCUT2D eigenvalue weighted by Gasteiger charge is -2.14. The van der Waals surface area contributed by atoms with Crippen molar-refractivity contribution in [2.45, 2.75) is 19.4 Å². The first-order valence-electron chi connectivity index (χ1n) is 9.79. The third-order valence-corrected chi connectivity index (χ3v) is 4.90. The molecule has 158 valence electrons. The van der Waals surface area contributed by atoms with Crippen molar-refractivity contribution in [3.63, 3.8) is 0 Å². The van der Waals surface area contributed by atoms with E-state index in [1.54, 1.807) is 45.5 Å². The number of hydrogen-bond donors (Lipinski definition) is 2. The number of carbonyl (C=O) groups is 2. The maximum atomic E-state index is 12.5. The standard InChI is InChI=1S/C23H27N3O4/c1-15(30-22(27)17-6-5-7-18(13-17)29-4)20-14-25-21-9-8-16(12-19(20)21)10-11-24-23(28)26(2)3/h5-9,12-15,25H,10-11H2,1-4H3,(H,24,28). The summed E-state index contributed by atoms with van der Waals surface area (Å²) in [6, 6.07) is 12.9. The number of aromatic nitrogens is 1. The second-order valence-corrected chi connectivity index (χ2v) is 7.28. The van der Waals surface area contributed by atoms with E-state index in [0.29, 0.717) is 24.3 Å². The van der Waals surface area contributed by atoms with Gasteiger partial charge in [0.15, 0.2) is 0 Å². The van der Waals surface area contributed by atoms with E-state index in [2.05, 4.69) is 16.4 Å². The van der Waals surface area contributed by atoms with Crippen molar-refractivity contribution in [1.82, 2.24) is 15.2 Å². The highest BCUT2D eigenvalue weighted by molar-refractivity contribution is 5.90. The lowest BCUT2D eigenvalue weighted by Crippen LogP contribution is -2.35. The topological polar surface area (TPSA) is 83.7 Å². The molecule has 2 aromatic carbocycles. The molecule has 0 aliphatic heterocycles. The highest BCUT2D eigenvalue weighted by atomic mass is 16.5. The smallest absolute Gasteiger partial charge is 0.338 e. The fourth-order valence-corrected chi connectivity index (χ4v) is 3.20. The first-order valence-corrected chi connectivity index (χ1v) is 9.79. The predicted octanol–water partition coefficient (Wildman–Crippen LogP) is 3.91. The molecule has 0 saturated carbocycles. The minimum Gasteiger partial charge on any atom is -0.497 e. The molecular formula is C23H27N3O4. The molecule has 30 heavy (non-hydrogen) atoms. The molecule has 7 nitrogen and oxygen atoms in total. The number of nitrogens with one attached hydrogen (secondary N) is 2. The average molecular weight is 409 g/mol. The predicted molar refractivity (Wildman–Crippen MR) is 116 cm³/mol. The summed E-state index contributed by atoms with van der Waals surface area (Å²) in [6.45, 7) is 2.40. The minimum absolute atomic E-state index is 0.114. The molecule has 1 aromatic heterocycles. The van der Waals surface area contributed by atoms with E-state index in [9.17, 15) is 9.59 Å². The zero-order valence-electron chi connectivity index (χ0n) is 17.7. The third kappa shape index (κ3) is 4.92. The van der Waals surface area contributed by atoms with E-state index in [1.807, 2.05) is 25.3 Å². The molecule has 0 bridgehead atoms. The Morgan fingerprint density at radius 1 is 1.17 bits per heavy atom. The largest absolute Gasteiger partial charge is 0.497 e. The van der Waals surface area contributed by atoms with Gasteiger partial charge in [-0.1, -0.05) is 12.1 Å². The summed E-state index contributed by atoms with van der Waals surface area (Å²) in [7, 11) is 4.98. The number of ether oxygens (including phenoxy) is 2. The first kappa shape index (κ1) is 21.2. The number of rotatable bonds is 7. The fourth-order valence-electron chi connectivity index (χ4n) is 3.20. The molecule has 2 amide bonds. The fraction of sp³-hybridized carbons (Fsp3) is 0.304. The van der Waals surface area contributed by atoms with E-state index < -0.39 is 12.1 Å². The molecule has 0 spiro atoms. The van der Waals surface area contributed by atoms with Crippen LogP contribution in [0.15, 0.2) is 48.7 Å². The number of esters is 1. The lowest BCUT2D eigenvalue weighted by atomic mass is 10.0. The molecule has 1 heterocycles. The molecule has 0 saturated heterocycles. The Balaban J connectivity index is 1.71. The second-order valence-electron chi connectivity index (χ2n) is 7.28. The Labute approximate surface area is 176 Å². The quantitative estimate of drug-likeness (QED) is 0.580. The van der Waals surface area contributed by atoms with Crippen molar-refractivity contribution in [1.29, 1.82) is 0 Å². The molecule has 0 fully saturated rings. The van der Waals surface area contributed by atoms with Crippen LogP contribution >= 0.6 is 0 Å². The van der Waals surface area contributed by atoms with Crippen LogP contribution in [0.4, 0.5) is 4.79 Å². The molecule has 7 heteroatoms. The number of benzene rings is 2. The van der Waals surface area contributed by atoms with Crippen molar-refractivity contribution in [2.75, 3.05) is 27.7 Å². The number of methoxy groups -OCH3 is 1. The number of aromatic amines is 1. The Bertz CT molecular complexity index is 1040. The molecule has 0 aliphatic rings. The van der Waals surface area contributed by atoms with Gasteiger partial charge in [0.25, 0.3) is 0 Å². The highest BCUT2D eigenvalue weighted by Gasteiger charge is 2.18. The molecule has 1 unspecified atom stereocenters. The Kier molecular flexibility index (Phi) is 6.61. The van der Waals surface area contributed by atoms with Gasteiger partial charge in [0.2, 0.25) is 0 Å². The molecule has 3 aromatic rings. The average Bonchev–Trinajstić information content (AvgIpc) is 3.17. The van der Waals surface area contributed by atoms with Crippen LogP contribution in [0.2, 0.25) is 0 Å². The van der Waals surface area contributed by atoms with Crippen LogP contribution in [0.25, 0.3) is 10.9 Å².